The van der Waals surface area contributed by atoms with Crippen LogP contribution in [0.15, 0.2) is 65.8 Å². The first kappa shape index (κ1) is 15.3. The molecule has 0 bridgehead atoms. The third kappa shape index (κ3) is 2.62. The molecule has 5 rings (SSSR count). The number of hydrogen-bond donors (Lipinski definition) is 3. The Bertz CT molecular complexity index is 1320. The largest absolute Gasteiger partial charge is 0.507 e. The molecule has 0 spiro atoms. The second kappa shape index (κ2) is 6.06. The molecule has 0 fully saturated rings. The Labute approximate surface area is 153 Å². The summed E-state index contributed by atoms with van der Waals surface area (Å²) in [5.41, 5.74) is 5.71. The summed E-state index contributed by atoms with van der Waals surface area (Å²) in [6.07, 6.45) is 1.55. The normalized spacial score (nSPS) is 11.7. The summed E-state index contributed by atoms with van der Waals surface area (Å²) in [5, 5.41) is 25.5. The molecule has 130 valence electrons. The number of aromatic amines is 1. The highest BCUT2D eigenvalue weighted by Crippen LogP contribution is 2.25. The van der Waals surface area contributed by atoms with Crippen LogP contribution >= 0.6 is 0 Å². The van der Waals surface area contributed by atoms with Crippen LogP contribution in [0.2, 0.25) is 0 Å². The Morgan fingerprint density at radius 3 is 2.67 bits per heavy atom. The molecule has 0 radical (unpaired) electrons. The standard InChI is InChI=1S/C20H14N6O/c27-17-10-9-12-5-1-2-6-13(12)15(17)11-21-25-20-23-19-18(24-26-20)14-7-3-4-8-16(14)22-19/h1-11,27H,(H2,22,23,25,26). The van der Waals surface area contributed by atoms with Gasteiger partial charge in [-0.15, -0.1) is 10.2 Å². The van der Waals surface area contributed by atoms with Gasteiger partial charge in [-0.2, -0.15) is 10.1 Å². The first-order valence-corrected chi connectivity index (χ1v) is 8.40. The molecule has 7 nitrogen and oxygen atoms in total. The molecule has 0 aliphatic heterocycles. The number of benzene rings is 3. The summed E-state index contributed by atoms with van der Waals surface area (Å²) in [4.78, 5) is 7.63. The van der Waals surface area contributed by atoms with Crippen molar-refractivity contribution in [1.82, 2.24) is 20.2 Å². The third-order valence-electron chi connectivity index (χ3n) is 4.43. The van der Waals surface area contributed by atoms with Crippen molar-refractivity contribution in [2.75, 3.05) is 5.43 Å². The molecule has 2 heterocycles. The molecule has 27 heavy (non-hydrogen) atoms. The van der Waals surface area contributed by atoms with Crippen molar-refractivity contribution in [1.29, 1.82) is 0 Å². The number of nitrogens with zero attached hydrogens (tertiary/aromatic N) is 4. The molecular formula is C20H14N6O. The number of anilines is 1. The van der Waals surface area contributed by atoms with Crippen LogP contribution in [0.25, 0.3) is 32.8 Å². The van der Waals surface area contributed by atoms with Gasteiger partial charge in [-0.1, -0.05) is 48.5 Å². The van der Waals surface area contributed by atoms with Gasteiger partial charge in [0.05, 0.1) is 6.21 Å². The number of aromatic nitrogens is 4. The van der Waals surface area contributed by atoms with Gasteiger partial charge in [0.1, 0.15) is 11.3 Å². The maximum Gasteiger partial charge on any atom is 0.265 e. The van der Waals surface area contributed by atoms with E-state index in [1.54, 1.807) is 12.3 Å². The lowest BCUT2D eigenvalue weighted by atomic mass is 10.0. The van der Waals surface area contributed by atoms with Gasteiger partial charge in [-0.3, -0.25) is 0 Å². The molecule has 3 N–H and O–H groups in total. The number of phenolic OH excluding ortho intramolecular Hbond substituents is 1. The quantitative estimate of drug-likeness (QED) is 0.338. The van der Waals surface area contributed by atoms with E-state index in [1.807, 2.05) is 54.6 Å². The van der Waals surface area contributed by atoms with Gasteiger partial charge in [0, 0.05) is 16.5 Å². The van der Waals surface area contributed by atoms with Crippen molar-refractivity contribution in [3.05, 3.63) is 66.2 Å². The predicted octanol–water partition coefficient (Wildman–Crippen LogP) is 3.81. The summed E-state index contributed by atoms with van der Waals surface area (Å²) < 4.78 is 0. The van der Waals surface area contributed by atoms with Gasteiger partial charge in [-0.05, 0) is 22.9 Å². The van der Waals surface area contributed by atoms with Crippen LogP contribution in [0, 0.1) is 0 Å². The first-order chi connectivity index (χ1) is 13.3. The zero-order chi connectivity index (χ0) is 18.2. The highest BCUT2D eigenvalue weighted by atomic mass is 16.3. The van der Waals surface area contributed by atoms with E-state index >= 15 is 0 Å². The minimum atomic E-state index is 0.157. The van der Waals surface area contributed by atoms with E-state index in [0.29, 0.717) is 16.7 Å². The molecule has 7 heteroatoms. The van der Waals surface area contributed by atoms with E-state index in [1.165, 1.54) is 0 Å². The lowest BCUT2D eigenvalue weighted by Crippen LogP contribution is -1.99. The average Bonchev–Trinajstić information content (AvgIpc) is 3.07. The monoisotopic (exact) mass is 354 g/mol. The third-order valence-corrected chi connectivity index (χ3v) is 4.43. The fraction of sp³-hybridized carbons (Fsp3) is 0. The second-order valence-electron chi connectivity index (χ2n) is 6.09. The highest BCUT2D eigenvalue weighted by molar-refractivity contribution is 6.03. The van der Waals surface area contributed by atoms with Gasteiger partial charge in [-0.25, -0.2) is 5.43 Å². The number of nitrogens with one attached hydrogen (secondary N) is 2. The average molecular weight is 354 g/mol. The zero-order valence-electron chi connectivity index (χ0n) is 14.1. The molecule has 3 aromatic carbocycles. The number of phenols is 1. The molecule has 0 amide bonds. The van der Waals surface area contributed by atoms with Crippen molar-refractivity contribution in [3.63, 3.8) is 0 Å². The van der Waals surface area contributed by atoms with E-state index in [4.69, 9.17) is 0 Å². The highest BCUT2D eigenvalue weighted by Gasteiger charge is 2.08. The van der Waals surface area contributed by atoms with Crippen LogP contribution in [0.4, 0.5) is 5.95 Å². The van der Waals surface area contributed by atoms with Crippen LogP contribution in [0.3, 0.4) is 0 Å². The van der Waals surface area contributed by atoms with Gasteiger partial charge >= 0.3 is 0 Å². The molecule has 0 saturated heterocycles. The summed E-state index contributed by atoms with van der Waals surface area (Å²) in [7, 11) is 0. The summed E-state index contributed by atoms with van der Waals surface area (Å²) in [5.74, 6) is 0.425. The Morgan fingerprint density at radius 1 is 0.926 bits per heavy atom. The number of hydrogen-bond acceptors (Lipinski definition) is 6. The van der Waals surface area contributed by atoms with Crippen LogP contribution in [-0.2, 0) is 0 Å². The molecule has 0 aliphatic rings. The van der Waals surface area contributed by atoms with Crippen LogP contribution in [0.1, 0.15) is 5.56 Å². The van der Waals surface area contributed by atoms with Crippen molar-refractivity contribution in [2.24, 2.45) is 5.10 Å². The zero-order valence-corrected chi connectivity index (χ0v) is 14.1. The number of para-hydroxylation sites is 1. The second-order valence-corrected chi connectivity index (χ2v) is 6.09. The smallest absolute Gasteiger partial charge is 0.265 e. The predicted molar refractivity (Wildman–Crippen MR) is 106 cm³/mol. The van der Waals surface area contributed by atoms with E-state index < -0.39 is 0 Å². The molecule has 0 atom stereocenters. The van der Waals surface area contributed by atoms with E-state index in [-0.39, 0.29) is 11.7 Å². The van der Waals surface area contributed by atoms with Crippen molar-refractivity contribution in [3.8, 4) is 5.75 Å². The number of rotatable bonds is 3. The lowest BCUT2D eigenvalue weighted by molar-refractivity contribution is 0.475. The molecule has 0 aliphatic carbocycles. The number of hydrazone groups is 1. The lowest BCUT2D eigenvalue weighted by Gasteiger charge is -2.04. The SMILES string of the molecule is Oc1ccc2ccccc2c1C=NNc1nnc2c(n1)[nH]c1ccccc12. The first-order valence-electron chi connectivity index (χ1n) is 8.40. The van der Waals surface area contributed by atoms with Gasteiger partial charge < -0.3 is 10.1 Å². The summed E-state index contributed by atoms with van der Waals surface area (Å²) >= 11 is 0. The van der Waals surface area contributed by atoms with Gasteiger partial charge in [0.2, 0.25) is 0 Å². The summed E-state index contributed by atoms with van der Waals surface area (Å²) in [6.45, 7) is 0. The van der Waals surface area contributed by atoms with Crippen molar-refractivity contribution in [2.45, 2.75) is 0 Å². The molecule has 2 aromatic heterocycles. The van der Waals surface area contributed by atoms with Gasteiger partial charge in [0.25, 0.3) is 5.95 Å². The van der Waals surface area contributed by atoms with E-state index in [0.717, 1.165) is 21.7 Å². The number of H-pyrrole nitrogens is 1. The molecule has 5 aromatic rings. The van der Waals surface area contributed by atoms with Gasteiger partial charge in [0.15, 0.2) is 5.65 Å². The summed E-state index contributed by atoms with van der Waals surface area (Å²) in [6, 6.07) is 19.1. The number of fused-ring (bicyclic) bond motifs is 4. The minimum absolute atomic E-state index is 0.157. The van der Waals surface area contributed by atoms with Crippen LogP contribution in [0.5, 0.6) is 5.75 Å². The maximum atomic E-state index is 10.2. The fourth-order valence-corrected chi connectivity index (χ4v) is 3.14. The van der Waals surface area contributed by atoms with E-state index in [2.05, 4.69) is 30.7 Å². The van der Waals surface area contributed by atoms with Crippen molar-refractivity contribution < 1.29 is 5.11 Å². The Morgan fingerprint density at radius 2 is 1.74 bits per heavy atom. The van der Waals surface area contributed by atoms with Crippen molar-refractivity contribution >= 4 is 45.0 Å². The fourth-order valence-electron chi connectivity index (χ4n) is 3.14. The maximum absolute atomic E-state index is 10.2. The van der Waals surface area contributed by atoms with Crippen LogP contribution < -0.4 is 5.43 Å². The Kier molecular flexibility index (Phi) is 3.43. The molecule has 0 saturated carbocycles. The van der Waals surface area contributed by atoms with Crippen LogP contribution in [-0.4, -0.2) is 31.5 Å². The molecular weight excluding hydrogens is 340 g/mol. The van der Waals surface area contributed by atoms with E-state index in [9.17, 15) is 5.11 Å². The minimum Gasteiger partial charge on any atom is -0.507 e. The molecule has 0 unspecified atom stereocenters. The topological polar surface area (TPSA) is 99.1 Å². The Hall–Kier alpha value is -4.00. The number of aromatic hydroxyl groups is 1. The Balaban J connectivity index is 1.48.